The molecule has 4 N–H and O–H groups in total. The van der Waals surface area contributed by atoms with Crippen molar-refractivity contribution in [2.45, 2.75) is 13.8 Å². The average molecular weight is 259 g/mol. The normalized spacial score (nSPS) is 11.1. The minimum absolute atomic E-state index is 0.894. The minimum atomic E-state index is 0.894. The number of rotatable bonds is 2. The number of aryl methyl sites for hydroxylation is 2. The van der Waals surface area contributed by atoms with Crippen molar-refractivity contribution in [2.75, 3.05) is 5.43 Å². The van der Waals surface area contributed by atoms with E-state index in [-0.39, 0.29) is 0 Å². The summed E-state index contributed by atoms with van der Waals surface area (Å²) in [6.07, 6.45) is 0. The molecule has 0 bridgehead atoms. The molecule has 0 radical (unpaired) electrons. The van der Waals surface area contributed by atoms with E-state index in [0.717, 1.165) is 38.1 Å². The van der Waals surface area contributed by atoms with Crippen LogP contribution in [0.4, 0.5) is 5.00 Å². The number of anilines is 1. The molecule has 5 nitrogen and oxygen atoms in total. The molecule has 0 aliphatic heterocycles. The number of H-pyrrole nitrogens is 1. The standard InChI is InChI=1S/C12H13N5S/c1-6-11(17-13)18-12(14-6)8-3-4-9-10(5-8)16-7(2)15-9/h3-5,17H,13H2,1-2H3,(H,15,16). The number of thiazole rings is 1. The van der Waals surface area contributed by atoms with Gasteiger partial charge >= 0.3 is 0 Å². The van der Waals surface area contributed by atoms with Gasteiger partial charge in [-0.25, -0.2) is 15.8 Å². The molecule has 18 heavy (non-hydrogen) atoms. The van der Waals surface area contributed by atoms with Crippen LogP contribution in [-0.2, 0) is 0 Å². The van der Waals surface area contributed by atoms with E-state index in [2.05, 4.69) is 26.4 Å². The van der Waals surface area contributed by atoms with Crippen molar-refractivity contribution in [1.82, 2.24) is 15.0 Å². The summed E-state index contributed by atoms with van der Waals surface area (Å²) in [6, 6.07) is 6.09. The van der Waals surface area contributed by atoms with Crippen LogP contribution in [0.5, 0.6) is 0 Å². The molecule has 0 fully saturated rings. The van der Waals surface area contributed by atoms with Crippen molar-refractivity contribution < 1.29 is 0 Å². The van der Waals surface area contributed by atoms with Crippen LogP contribution in [0.2, 0.25) is 0 Å². The zero-order valence-corrected chi connectivity index (χ0v) is 10.9. The third-order valence-electron chi connectivity index (χ3n) is 2.77. The lowest BCUT2D eigenvalue weighted by molar-refractivity contribution is 1.17. The number of hydrazine groups is 1. The minimum Gasteiger partial charge on any atom is -0.342 e. The van der Waals surface area contributed by atoms with Crippen LogP contribution < -0.4 is 11.3 Å². The Morgan fingerprint density at radius 2 is 2.11 bits per heavy atom. The molecule has 1 aromatic carbocycles. The zero-order valence-electron chi connectivity index (χ0n) is 10.1. The van der Waals surface area contributed by atoms with Gasteiger partial charge in [0.05, 0.1) is 16.7 Å². The van der Waals surface area contributed by atoms with Crippen molar-refractivity contribution in [1.29, 1.82) is 0 Å². The highest BCUT2D eigenvalue weighted by molar-refractivity contribution is 7.19. The van der Waals surface area contributed by atoms with Crippen molar-refractivity contribution in [3.8, 4) is 10.6 Å². The maximum Gasteiger partial charge on any atom is 0.126 e. The van der Waals surface area contributed by atoms with Crippen LogP contribution in [-0.4, -0.2) is 15.0 Å². The first-order valence-corrected chi connectivity index (χ1v) is 6.40. The molecular weight excluding hydrogens is 246 g/mol. The summed E-state index contributed by atoms with van der Waals surface area (Å²) in [6.45, 7) is 3.89. The Bertz CT molecular complexity index is 712. The van der Waals surface area contributed by atoms with E-state index >= 15 is 0 Å². The maximum atomic E-state index is 5.44. The lowest BCUT2D eigenvalue weighted by atomic mass is 10.2. The fourth-order valence-electron chi connectivity index (χ4n) is 1.92. The topological polar surface area (TPSA) is 79.6 Å². The summed E-state index contributed by atoms with van der Waals surface area (Å²) in [5.41, 5.74) is 6.65. The van der Waals surface area contributed by atoms with Gasteiger partial charge in [-0.2, -0.15) is 0 Å². The van der Waals surface area contributed by atoms with Crippen LogP contribution >= 0.6 is 11.3 Å². The Labute approximate surface area is 108 Å². The molecule has 0 spiro atoms. The first kappa shape index (κ1) is 11.2. The fraction of sp³-hybridized carbons (Fsp3) is 0.167. The molecule has 3 aromatic rings. The first-order valence-electron chi connectivity index (χ1n) is 5.58. The van der Waals surface area contributed by atoms with E-state index in [1.165, 1.54) is 0 Å². The maximum absolute atomic E-state index is 5.44. The van der Waals surface area contributed by atoms with Crippen LogP contribution in [0.25, 0.3) is 21.6 Å². The molecule has 0 atom stereocenters. The smallest absolute Gasteiger partial charge is 0.126 e. The van der Waals surface area contributed by atoms with Gasteiger partial charge in [0.1, 0.15) is 15.8 Å². The molecule has 0 unspecified atom stereocenters. The number of benzene rings is 1. The third-order valence-corrected chi connectivity index (χ3v) is 3.91. The van der Waals surface area contributed by atoms with Gasteiger partial charge < -0.3 is 10.4 Å². The predicted molar refractivity (Wildman–Crippen MR) is 74.5 cm³/mol. The molecule has 2 heterocycles. The van der Waals surface area contributed by atoms with Gasteiger partial charge in [0.15, 0.2) is 0 Å². The van der Waals surface area contributed by atoms with Gasteiger partial charge in [0.2, 0.25) is 0 Å². The van der Waals surface area contributed by atoms with Crippen molar-refractivity contribution in [2.24, 2.45) is 5.84 Å². The molecule has 0 amide bonds. The number of nitrogens with zero attached hydrogens (tertiary/aromatic N) is 2. The van der Waals surface area contributed by atoms with Crippen LogP contribution in [0, 0.1) is 13.8 Å². The molecule has 0 saturated heterocycles. The number of aromatic amines is 1. The largest absolute Gasteiger partial charge is 0.342 e. The average Bonchev–Trinajstić information content (AvgIpc) is 2.89. The number of nitrogens with one attached hydrogen (secondary N) is 2. The third kappa shape index (κ3) is 1.75. The summed E-state index contributed by atoms with van der Waals surface area (Å²) >= 11 is 1.55. The van der Waals surface area contributed by atoms with Crippen LogP contribution in [0.3, 0.4) is 0 Å². The van der Waals surface area contributed by atoms with Gasteiger partial charge in [-0.15, -0.1) is 0 Å². The van der Waals surface area contributed by atoms with Gasteiger partial charge in [-0.3, -0.25) is 0 Å². The number of fused-ring (bicyclic) bond motifs is 1. The number of aromatic nitrogens is 3. The van der Waals surface area contributed by atoms with Gasteiger partial charge in [0.25, 0.3) is 0 Å². The van der Waals surface area contributed by atoms with Crippen molar-refractivity contribution in [3.05, 3.63) is 29.7 Å². The molecule has 3 rings (SSSR count). The lowest BCUT2D eigenvalue weighted by Gasteiger charge is -1.95. The van der Waals surface area contributed by atoms with E-state index in [1.807, 2.05) is 26.0 Å². The highest BCUT2D eigenvalue weighted by atomic mass is 32.1. The summed E-state index contributed by atoms with van der Waals surface area (Å²) < 4.78 is 0. The first-order chi connectivity index (χ1) is 8.67. The Morgan fingerprint density at radius 3 is 2.83 bits per heavy atom. The number of hydrogen-bond donors (Lipinski definition) is 3. The molecule has 92 valence electrons. The monoisotopic (exact) mass is 259 g/mol. The van der Waals surface area contributed by atoms with E-state index in [4.69, 9.17) is 5.84 Å². The molecule has 2 aromatic heterocycles. The van der Waals surface area contributed by atoms with E-state index in [1.54, 1.807) is 11.3 Å². The highest BCUT2D eigenvalue weighted by Crippen LogP contribution is 2.32. The quantitative estimate of drug-likeness (QED) is 0.488. The Hall–Kier alpha value is -1.92. The lowest BCUT2D eigenvalue weighted by Crippen LogP contribution is -2.05. The molecule has 0 aliphatic carbocycles. The predicted octanol–water partition coefficient (Wildman–Crippen LogP) is 2.59. The Morgan fingerprint density at radius 1 is 1.28 bits per heavy atom. The molecule has 0 aliphatic rings. The second-order valence-electron chi connectivity index (χ2n) is 4.13. The molecule has 6 heteroatoms. The summed E-state index contributed by atoms with van der Waals surface area (Å²) in [4.78, 5) is 12.1. The van der Waals surface area contributed by atoms with E-state index < -0.39 is 0 Å². The SMILES string of the molecule is Cc1nc2ccc(-c3nc(C)c(NN)s3)cc2[nH]1. The van der Waals surface area contributed by atoms with Crippen molar-refractivity contribution >= 4 is 27.4 Å². The number of nitrogen functional groups attached to an aromatic ring is 1. The number of nitrogens with two attached hydrogens (primary N) is 1. The van der Waals surface area contributed by atoms with Gasteiger partial charge in [0, 0.05) is 5.56 Å². The number of hydrogen-bond acceptors (Lipinski definition) is 5. The Balaban J connectivity index is 2.12. The summed E-state index contributed by atoms with van der Waals surface area (Å²) in [5, 5.41) is 1.85. The molecule has 0 saturated carbocycles. The van der Waals surface area contributed by atoms with Crippen LogP contribution in [0.1, 0.15) is 11.5 Å². The summed E-state index contributed by atoms with van der Waals surface area (Å²) in [7, 11) is 0. The van der Waals surface area contributed by atoms with Crippen LogP contribution in [0.15, 0.2) is 18.2 Å². The second-order valence-corrected chi connectivity index (χ2v) is 5.13. The van der Waals surface area contributed by atoms with Gasteiger partial charge in [-0.05, 0) is 32.0 Å². The van der Waals surface area contributed by atoms with E-state index in [0.29, 0.717) is 0 Å². The van der Waals surface area contributed by atoms with Gasteiger partial charge in [-0.1, -0.05) is 11.3 Å². The molecular formula is C12H13N5S. The highest BCUT2D eigenvalue weighted by Gasteiger charge is 2.09. The second kappa shape index (κ2) is 4.08. The Kier molecular flexibility index (Phi) is 2.53. The summed E-state index contributed by atoms with van der Waals surface area (Å²) in [5.74, 6) is 6.36. The van der Waals surface area contributed by atoms with Crippen molar-refractivity contribution in [3.63, 3.8) is 0 Å². The fourth-order valence-corrected chi connectivity index (χ4v) is 2.80. The van der Waals surface area contributed by atoms with E-state index in [9.17, 15) is 0 Å². The number of imidazole rings is 1. The zero-order chi connectivity index (χ0) is 12.7.